The van der Waals surface area contributed by atoms with E-state index < -0.39 is 0 Å². The summed E-state index contributed by atoms with van der Waals surface area (Å²) in [4.78, 5) is 0. The van der Waals surface area contributed by atoms with Gasteiger partial charge in [-0.1, -0.05) is 0 Å². The Balaban J connectivity index is 1.99. The zero-order valence-corrected chi connectivity index (χ0v) is 10.3. The summed E-state index contributed by atoms with van der Waals surface area (Å²) in [6.45, 7) is 5.58. The molecular formula is C12H25NO2. The van der Waals surface area contributed by atoms with Crippen molar-refractivity contribution >= 4 is 0 Å². The van der Waals surface area contributed by atoms with Crippen molar-refractivity contribution in [1.82, 2.24) is 5.32 Å². The molecule has 90 valence electrons. The summed E-state index contributed by atoms with van der Waals surface area (Å²) in [7, 11) is 2.04. The highest BCUT2D eigenvalue weighted by Crippen LogP contribution is 2.20. The molecule has 3 heteroatoms. The summed E-state index contributed by atoms with van der Waals surface area (Å²) in [5.74, 6) is 0. The minimum atomic E-state index is 0.314. The fourth-order valence-corrected chi connectivity index (χ4v) is 2.02. The summed E-state index contributed by atoms with van der Waals surface area (Å²) in [5.41, 5.74) is 0. The van der Waals surface area contributed by atoms with Crippen molar-refractivity contribution in [1.29, 1.82) is 0 Å². The average Bonchev–Trinajstić information content (AvgIpc) is 2.25. The topological polar surface area (TPSA) is 30.5 Å². The lowest BCUT2D eigenvalue weighted by molar-refractivity contribution is -0.0264. The number of ether oxygens (including phenoxy) is 2. The molecule has 15 heavy (non-hydrogen) atoms. The van der Waals surface area contributed by atoms with E-state index in [1.807, 2.05) is 7.05 Å². The maximum atomic E-state index is 5.77. The zero-order chi connectivity index (χ0) is 11.1. The van der Waals surface area contributed by atoms with Crippen LogP contribution in [0, 0.1) is 0 Å². The van der Waals surface area contributed by atoms with Crippen LogP contribution in [0.15, 0.2) is 0 Å². The fourth-order valence-electron chi connectivity index (χ4n) is 2.02. The lowest BCUT2D eigenvalue weighted by Crippen LogP contribution is -2.33. The van der Waals surface area contributed by atoms with Crippen molar-refractivity contribution in [3.8, 4) is 0 Å². The SMILES string of the molecule is CNC1CCC(OCCOC(C)C)CC1. The molecule has 0 aromatic carbocycles. The first-order valence-corrected chi connectivity index (χ1v) is 6.13. The standard InChI is InChI=1S/C12H25NO2/c1-10(2)14-8-9-15-12-6-4-11(13-3)5-7-12/h10-13H,4-9H2,1-3H3. The molecule has 1 saturated carbocycles. The summed E-state index contributed by atoms with van der Waals surface area (Å²) >= 11 is 0. The highest BCUT2D eigenvalue weighted by atomic mass is 16.5. The lowest BCUT2D eigenvalue weighted by Gasteiger charge is -2.28. The summed E-state index contributed by atoms with van der Waals surface area (Å²) in [5, 5.41) is 3.33. The number of nitrogens with one attached hydrogen (secondary N) is 1. The Morgan fingerprint density at radius 3 is 2.33 bits per heavy atom. The van der Waals surface area contributed by atoms with Gasteiger partial charge in [0.1, 0.15) is 0 Å². The van der Waals surface area contributed by atoms with Gasteiger partial charge in [-0.05, 0) is 46.6 Å². The van der Waals surface area contributed by atoms with Crippen LogP contribution in [0.4, 0.5) is 0 Å². The second-order valence-corrected chi connectivity index (χ2v) is 4.55. The van der Waals surface area contributed by atoms with E-state index in [-0.39, 0.29) is 0 Å². The smallest absolute Gasteiger partial charge is 0.0704 e. The number of hydrogen-bond acceptors (Lipinski definition) is 3. The van der Waals surface area contributed by atoms with Crippen molar-refractivity contribution in [2.45, 2.75) is 57.8 Å². The Labute approximate surface area is 93.5 Å². The summed E-state index contributed by atoms with van der Waals surface area (Å²) < 4.78 is 11.2. The van der Waals surface area contributed by atoms with Crippen LogP contribution >= 0.6 is 0 Å². The Morgan fingerprint density at radius 2 is 1.80 bits per heavy atom. The maximum Gasteiger partial charge on any atom is 0.0704 e. The van der Waals surface area contributed by atoms with Crippen LogP contribution in [-0.4, -0.2) is 38.5 Å². The van der Waals surface area contributed by atoms with Crippen LogP contribution in [-0.2, 0) is 9.47 Å². The number of rotatable bonds is 6. The highest BCUT2D eigenvalue weighted by molar-refractivity contribution is 4.76. The summed E-state index contributed by atoms with van der Waals surface area (Å²) in [6.07, 6.45) is 5.64. The van der Waals surface area contributed by atoms with Gasteiger partial charge in [-0.15, -0.1) is 0 Å². The zero-order valence-electron chi connectivity index (χ0n) is 10.3. The van der Waals surface area contributed by atoms with Crippen LogP contribution < -0.4 is 5.32 Å². The van der Waals surface area contributed by atoms with E-state index in [1.165, 1.54) is 25.7 Å². The van der Waals surface area contributed by atoms with E-state index in [4.69, 9.17) is 9.47 Å². The van der Waals surface area contributed by atoms with Gasteiger partial charge < -0.3 is 14.8 Å². The predicted octanol–water partition coefficient (Wildman–Crippen LogP) is 1.96. The van der Waals surface area contributed by atoms with E-state index in [2.05, 4.69) is 19.2 Å². The normalized spacial score (nSPS) is 27.2. The molecule has 0 radical (unpaired) electrons. The molecule has 0 spiro atoms. The monoisotopic (exact) mass is 215 g/mol. The molecule has 0 unspecified atom stereocenters. The predicted molar refractivity (Wildman–Crippen MR) is 62.1 cm³/mol. The molecule has 0 heterocycles. The molecule has 1 fully saturated rings. The molecule has 0 saturated heterocycles. The molecule has 3 nitrogen and oxygen atoms in total. The van der Waals surface area contributed by atoms with E-state index >= 15 is 0 Å². The van der Waals surface area contributed by atoms with Gasteiger partial charge in [0.15, 0.2) is 0 Å². The highest BCUT2D eigenvalue weighted by Gasteiger charge is 2.19. The largest absolute Gasteiger partial charge is 0.376 e. The quantitative estimate of drug-likeness (QED) is 0.687. The Hall–Kier alpha value is -0.120. The van der Waals surface area contributed by atoms with Crippen LogP contribution in [0.1, 0.15) is 39.5 Å². The molecular weight excluding hydrogens is 190 g/mol. The van der Waals surface area contributed by atoms with Gasteiger partial charge >= 0.3 is 0 Å². The molecule has 1 aliphatic carbocycles. The van der Waals surface area contributed by atoms with Crippen molar-refractivity contribution in [3.05, 3.63) is 0 Å². The van der Waals surface area contributed by atoms with Gasteiger partial charge in [-0.3, -0.25) is 0 Å². The average molecular weight is 215 g/mol. The maximum absolute atomic E-state index is 5.77. The van der Waals surface area contributed by atoms with Crippen LogP contribution in [0.5, 0.6) is 0 Å². The van der Waals surface area contributed by atoms with E-state index in [0.717, 1.165) is 13.2 Å². The van der Waals surface area contributed by atoms with Crippen molar-refractivity contribution in [2.75, 3.05) is 20.3 Å². The van der Waals surface area contributed by atoms with Crippen molar-refractivity contribution < 1.29 is 9.47 Å². The van der Waals surface area contributed by atoms with Gasteiger partial charge in [0.2, 0.25) is 0 Å². The molecule has 1 aliphatic rings. The Bertz CT molecular complexity index is 154. The second-order valence-electron chi connectivity index (χ2n) is 4.55. The minimum absolute atomic E-state index is 0.314. The van der Waals surface area contributed by atoms with Gasteiger partial charge in [0.25, 0.3) is 0 Å². The number of hydrogen-bond donors (Lipinski definition) is 1. The molecule has 0 atom stereocenters. The first-order valence-electron chi connectivity index (χ1n) is 6.13. The molecule has 0 bridgehead atoms. The van der Waals surface area contributed by atoms with Gasteiger partial charge in [-0.2, -0.15) is 0 Å². The summed E-state index contributed by atoms with van der Waals surface area (Å²) in [6, 6.07) is 0.705. The van der Waals surface area contributed by atoms with Gasteiger partial charge in [0.05, 0.1) is 25.4 Å². The van der Waals surface area contributed by atoms with Crippen molar-refractivity contribution in [2.24, 2.45) is 0 Å². The molecule has 0 aliphatic heterocycles. The van der Waals surface area contributed by atoms with Crippen molar-refractivity contribution in [3.63, 3.8) is 0 Å². The Morgan fingerprint density at radius 1 is 1.13 bits per heavy atom. The van der Waals surface area contributed by atoms with Crippen LogP contribution in [0.2, 0.25) is 0 Å². The van der Waals surface area contributed by atoms with Crippen LogP contribution in [0.3, 0.4) is 0 Å². The molecule has 1 N–H and O–H groups in total. The van der Waals surface area contributed by atoms with Gasteiger partial charge in [0, 0.05) is 6.04 Å². The first kappa shape index (κ1) is 12.9. The lowest BCUT2D eigenvalue weighted by atomic mass is 9.93. The van der Waals surface area contributed by atoms with E-state index in [9.17, 15) is 0 Å². The second kappa shape index (κ2) is 7.20. The Kier molecular flexibility index (Phi) is 6.22. The third-order valence-electron chi connectivity index (χ3n) is 2.97. The molecule has 0 aromatic rings. The fraction of sp³-hybridized carbons (Fsp3) is 1.00. The van der Waals surface area contributed by atoms with Gasteiger partial charge in [-0.25, -0.2) is 0 Å². The third kappa shape index (κ3) is 5.50. The first-order chi connectivity index (χ1) is 7.22. The molecule has 0 amide bonds. The van der Waals surface area contributed by atoms with Crippen LogP contribution in [0.25, 0.3) is 0 Å². The van der Waals surface area contributed by atoms with E-state index in [1.54, 1.807) is 0 Å². The molecule has 0 aromatic heterocycles. The third-order valence-corrected chi connectivity index (χ3v) is 2.97. The molecule has 1 rings (SSSR count). The van der Waals surface area contributed by atoms with E-state index in [0.29, 0.717) is 18.2 Å². The minimum Gasteiger partial charge on any atom is -0.376 e.